The number of fused-ring (bicyclic) bond motifs is 1. The molecule has 0 fully saturated rings. The van der Waals surface area contributed by atoms with Crippen LogP contribution in [0.25, 0.3) is 0 Å². The maximum Gasteiger partial charge on any atom is 0.122 e. The molecule has 0 heterocycles. The Morgan fingerprint density at radius 1 is 1.15 bits per heavy atom. The van der Waals surface area contributed by atoms with Crippen molar-refractivity contribution in [2.45, 2.75) is 38.8 Å². The van der Waals surface area contributed by atoms with Gasteiger partial charge in [-0.15, -0.1) is 0 Å². The molecule has 3 rings (SSSR count). The first-order chi connectivity index (χ1) is 9.75. The van der Waals surface area contributed by atoms with Crippen molar-refractivity contribution < 1.29 is 5.11 Å². The molecule has 1 atom stereocenters. The lowest BCUT2D eigenvalue weighted by molar-refractivity contribution is 0.436. The monoisotopic (exact) mass is 267 g/mol. The first-order valence-corrected chi connectivity index (χ1v) is 7.34. The summed E-state index contributed by atoms with van der Waals surface area (Å²) in [5.41, 5.74) is 4.80. The molecule has 2 nitrogen and oxygen atoms in total. The third kappa shape index (κ3) is 2.56. The van der Waals surface area contributed by atoms with Gasteiger partial charge in [-0.2, -0.15) is 0 Å². The molecule has 2 N–H and O–H groups in total. The molecule has 0 aromatic heterocycles. The fourth-order valence-electron chi connectivity index (χ4n) is 3.06. The molecule has 2 aromatic rings. The third-order valence-electron chi connectivity index (χ3n) is 4.23. The molecule has 104 valence electrons. The molecule has 0 aliphatic heterocycles. The van der Waals surface area contributed by atoms with Crippen molar-refractivity contribution >= 4 is 0 Å². The highest BCUT2D eigenvalue weighted by molar-refractivity contribution is 5.39. The lowest BCUT2D eigenvalue weighted by Gasteiger charge is -2.26. The van der Waals surface area contributed by atoms with Gasteiger partial charge in [0.05, 0.1) is 0 Å². The minimum atomic E-state index is 0.403. The summed E-state index contributed by atoms with van der Waals surface area (Å²) in [6.45, 7) is 2.65. The Labute approximate surface area is 120 Å². The Morgan fingerprint density at radius 2 is 2.00 bits per heavy atom. The van der Waals surface area contributed by atoms with Crippen molar-refractivity contribution in [1.82, 2.24) is 5.32 Å². The molecule has 0 saturated carbocycles. The van der Waals surface area contributed by atoms with Gasteiger partial charge in [-0.05, 0) is 42.9 Å². The largest absolute Gasteiger partial charge is 0.507 e. The normalized spacial score (nSPS) is 17.8. The second-order valence-electron chi connectivity index (χ2n) is 5.61. The molecule has 1 unspecified atom stereocenters. The highest BCUT2D eigenvalue weighted by atomic mass is 16.3. The Kier molecular flexibility index (Phi) is 3.75. The summed E-state index contributed by atoms with van der Waals surface area (Å²) in [7, 11) is 0. The Hall–Kier alpha value is -1.80. The number of phenolic OH excluding ortho intramolecular Hbond substituents is 1. The van der Waals surface area contributed by atoms with Crippen LogP contribution in [0.15, 0.2) is 42.5 Å². The van der Waals surface area contributed by atoms with Gasteiger partial charge in [-0.1, -0.05) is 42.5 Å². The van der Waals surface area contributed by atoms with Crippen LogP contribution in [0.5, 0.6) is 5.75 Å². The number of hydrogen-bond donors (Lipinski definition) is 2. The lowest BCUT2D eigenvalue weighted by atomic mass is 9.87. The van der Waals surface area contributed by atoms with E-state index in [1.807, 2.05) is 25.1 Å². The number of benzene rings is 2. The van der Waals surface area contributed by atoms with Gasteiger partial charge in [0.2, 0.25) is 0 Å². The van der Waals surface area contributed by atoms with Crippen LogP contribution in [-0.2, 0) is 13.0 Å². The molecule has 0 bridgehead atoms. The first-order valence-electron chi connectivity index (χ1n) is 7.34. The maximum absolute atomic E-state index is 10.1. The summed E-state index contributed by atoms with van der Waals surface area (Å²) in [5, 5.41) is 13.7. The minimum Gasteiger partial charge on any atom is -0.507 e. The Balaban J connectivity index is 1.75. The summed E-state index contributed by atoms with van der Waals surface area (Å²) in [5.74, 6) is 0.420. The number of hydrogen-bond acceptors (Lipinski definition) is 2. The molecule has 2 aromatic carbocycles. The van der Waals surface area contributed by atoms with Crippen LogP contribution in [0.2, 0.25) is 0 Å². The topological polar surface area (TPSA) is 32.3 Å². The van der Waals surface area contributed by atoms with Crippen LogP contribution in [0.4, 0.5) is 0 Å². The van der Waals surface area contributed by atoms with E-state index in [9.17, 15) is 5.11 Å². The highest BCUT2D eigenvalue weighted by Crippen LogP contribution is 2.30. The number of para-hydroxylation sites is 1. The van der Waals surface area contributed by atoms with E-state index in [0.29, 0.717) is 18.3 Å². The van der Waals surface area contributed by atoms with E-state index < -0.39 is 0 Å². The van der Waals surface area contributed by atoms with Crippen LogP contribution in [0.3, 0.4) is 0 Å². The number of phenols is 1. The molecule has 1 aliphatic rings. The van der Waals surface area contributed by atoms with E-state index in [-0.39, 0.29) is 0 Å². The van der Waals surface area contributed by atoms with Gasteiger partial charge in [0.25, 0.3) is 0 Å². The predicted molar refractivity (Wildman–Crippen MR) is 81.8 cm³/mol. The zero-order chi connectivity index (χ0) is 13.9. The number of rotatable bonds is 3. The van der Waals surface area contributed by atoms with Crippen molar-refractivity contribution in [2.75, 3.05) is 0 Å². The average molecular weight is 267 g/mol. The van der Waals surface area contributed by atoms with Gasteiger partial charge in [0.1, 0.15) is 5.75 Å². The Morgan fingerprint density at radius 3 is 2.90 bits per heavy atom. The predicted octanol–water partition coefficient (Wildman–Crippen LogP) is 3.87. The van der Waals surface area contributed by atoms with Crippen molar-refractivity contribution in [3.63, 3.8) is 0 Å². The van der Waals surface area contributed by atoms with Gasteiger partial charge >= 0.3 is 0 Å². The lowest BCUT2D eigenvalue weighted by Crippen LogP contribution is -2.24. The van der Waals surface area contributed by atoms with Crippen molar-refractivity contribution in [3.05, 3.63) is 64.7 Å². The standard InChI is InChI=1S/C18H21NO/c1-13-6-4-9-15(18(13)20)12-19-17-11-5-8-14-7-2-3-10-16(14)17/h2-4,6-7,9-10,17,19-20H,5,8,11-12H2,1H3. The second kappa shape index (κ2) is 5.68. The molecule has 20 heavy (non-hydrogen) atoms. The zero-order valence-electron chi connectivity index (χ0n) is 11.9. The smallest absolute Gasteiger partial charge is 0.122 e. The summed E-state index contributed by atoms with van der Waals surface area (Å²) in [6, 6.07) is 15.0. The molecule has 0 spiro atoms. The summed E-state index contributed by atoms with van der Waals surface area (Å²) in [6.07, 6.45) is 3.59. The van der Waals surface area contributed by atoms with Gasteiger partial charge in [0.15, 0.2) is 0 Å². The van der Waals surface area contributed by atoms with E-state index in [1.165, 1.54) is 30.4 Å². The summed E-state index contributed by atoms with van der Waals surface area (Å²) in [4.78, 5) is 0. The zero-order valence-corrected chi connectivity index (χ0v) is 11.9. The van der Waals surface area contributed by atoms with Crippen LogP contribution < -0.4 is 5.32 Å². The Bertz CT molecular complexity index is 606. The SMILES string of the molecule is Cc1cccc(CNC2CCCc3ccccc32)c1O. The van der Waals surface area contributed by atoms with Crippen molar-refractivity contribution in [2.24, 2.45) is 0 Å². The maximum atomic E-state index is 10.1. The van der Waals surface area contributed by atoms with Gasteiger partial charge in [-0.25, -0.2) is 0 Å². The third-order valence-corrected chi connectivity index (χ3v) is 4.23. The second-order valence-corrected chi connectivity index (χ2v) is 5.61. The molecular weight excluding hydrogens is 246 g/mol. The number of nitrogens with one attached hydrogen (secondary N) is 1. The molecule has 2 heteroatoms. The van der Waals surface area contributed by atoms with Gasteiger partial charge < -0.3 is 10.4 Å². The van der Waals surface area contributed by atoms with Crippen molar-refractivity contribution in [1.29, 1.82) is 0 Å². The van der Waals surface area contributed by atoms with Gasteiger partial charge in [-0.3, -0.25) is 0 Å². The van der Waals surface area contributed by atoms with E-state index in [4.69, 9.17) is 0 Å². The molecule has 0 amide bonds. The van der Waals surface area contributed by atoms with Gasteiger partial charge in [0, 0.05) is 18.2 Å². The van der Waals surface area contributed by atoms with Crippen LogP contribution in [0, 0.1) is 6.92 Å². The quantitative estimate of drug-likeness (QED) is 0.885. The van der Waals surface area contributed by atoms with E-state index in [2.05, 4.69) is 29.6 Å². The highest BCUT2D eigenvalue weighted by Gasteiger charge is 2.19. The average Bonchev–Trinajstić information content (AvgIpc) is 2.49. The number of aromatic hydroxyl groups is 1. The molecule has 0 saturated heterocycles. The van der Waals surface area contributed by atoms with Crippen LogP contribution >= 0.6 is 0 Å². The van der Waals surface area contributed by atoms with E-state index >= 15 is 0 Å². The first kappa shape index (κ1) is 13.2. The summed E-state index contributed by atoms with van der Waals surface area (Å²) >= 11 is 0. The number of aryl methyl sites for hydroxylation is 2. The summed E-state index contributed by atoms with van der Waals surface area (Å²) < 4.78 is 0. The fourth-order valence-corrected chi connectivity index (χ4v) is 3.06. The van der Waals surface area contributed by atoms with Crippen LogP contribution in [0.1, 0.15) is 41.1 Å². The minimum absolute atomic E-state index is 0.403. The molecule has 1 aliphatic carbocycles. The fraction of sp³-hybridized carbons (Fsp3) is 0.333. The molecule has 0 radical (unpaired) electrons. The van der Waals surface area contributed by atoms with Crippen molar-refractivity contribution in [3.8, 4) is 5.75 Å². The molecular formula is C18H21NO. The van der Waals surface area contributed by atoms with E-state index in [1.54, 1.807) is 0 Å². The van der Waals surface area contributed by atoms with E-state index in [0.717, 1.165) is 11.1 Å². The van der Waals surface area contributed by atoms with Crippen LogP contribution in [-0.4, -0.2) is 5.11 Å².